The summed E-state index contributed by atoms with van der Waals surface area (Å²) in [4.78, 5) is 6.88. The Morgan fingerprint density at radius 3 is 2.65 bits per heavy atom. The van der Waals surface area contributed by atoms with Gasteiger partial charge in [0.05, 0.1) is 6.54 Å². The van der Waals surface area contributed by atoms with Crippen molar-refractivity contribution >= 4 is 0 Å². The van der Waals surface area contributed by atoms with E-state index in [1.54, 1.807) is 0 Å². The van der Waals surface area contributed by atoms with Gasteiger partial charge in [-0.05, 0) is 24.9 Å². The van der Waals surface area contributed by atoms with Gasteiger partial charge in [0.2, 0.25) is 5.89 Å². The molecule has 0 spiro atoms. The van der Waals surface area contributed by atoms with Crippen molar-refractivity contribution in [3.05, 3.63) is 11.7 Å². The van der Waals surface area contributed by atoms with Crippen LogP contribution < -0.4 is 5.32 Å². The Kier molecular flexibility index (Phi) is 2.88. The molecule has 1 aromatic rings. The normalized spacial score (nSPS) is 29.1. The molecule has 1 aromatic heterocycles. The Labute approximate surface area is 102 Å². The van der Waals surface area contributed by atoms with E-state index in [2.05, 4.69) is 34.2 Å². The molecule has 2 fully saturated rings. The lowest BCUT2D eigenvalue weighted by atomic mass is 10.0. The smallest absolute Gasteiger partial charge is 0.229 e. The molecule has 0 saturated carbocycles. The standard InChI is InChI=1S/C12H20N4O/c1-8(2)12-14-11(15-17-12)7-16-5-9-3-13-4-10(9)6-16/h8-10,13H,3-7H2,1-2H3/t9-,10-/m1/s1. The molecule has 2 aliphatic rings. The molecule has 1 N–H and O–H groups in total. The van der Waals surface area contributed by atoms with Crippen molar-refractivity contribution in [3.8, 4) is 0 Å². The van der Waals surface area contributed by atoms with E-state index in [0.29, 0.717) is 5.92 Å². The average molecular weight is 236 g/mol. The van der Waals surface area contributed by atoms with Crippen LogP contribution in [0, 0.1) is 11.8 Å². The Morgan fingerprint density at radius 2 is 2.06 bits per heavy atom. The van der Waals surface area contributed by atoms with Crippen molar-refractivity contribution in [1.29, 1.82) is 0 Å². The summed E-state index contributed by atoms with van der Waals surface area (Å²) in [5, 5.41) is 7.50. The van der Waals surface area contributed by atoms with E-state index >= 15 is 0 Å². The summed E-state index contributed by atoms with van der Waals surface area (Å²) in [7, 11) is 0. The highest BCUT2D eigenvalue weighted by Gasteiger charge is 2.36. The number of rotatable bonds is 3. The van der Waals surface area contributed by atoms with Crippen molar-refractivity contribution in [3.63, 3.8) is 0 Å². The molecule has 17 heavy (non-hydrogen) atoms. The lowest BCUT2D eigenvalue weighted by Gasteiger charge is -2.13. The zero-order valence-electron chi connectivity index (χ0n) is 10.5. The van der Waals surface area contributed by atoms with Gasteiger partial charge < -0.3 is 9.84 Å². The fraction of sp³-hybridized carbons (Fsp3) is 0.833. The zero-order chi connectivity index (χ0) is 11.8. The number of hydrogen-bond donors (Lipinski definition) is 1. The number of nitrogens with zero attached hydrogens (tertiary/aromatic N) is 3. The predicted octanol–water partition coefficient (Wildman–Crippen LogP) is 0.844. The quantitative estimate of drug-likeness (QED) is 0.843. The predicted molar refractivity (Wildman–Crippen MR) is 63.5 cm³/mol. The molecule has 0 aliphatic carbocycles. The lowest BCUT2D eigenvalue weighted by molar-refractivity contribution is 0.288. The number of fused-ring (bicyclic) bond motifs is 1. The van der Waals surface area contributed by atoms with E-state index < -0.39 is 0 Å². The minimum Gasteiger partial charge on any atom is -0.339 e. The van der Waals surface area contributed by atoms with Gasteiger partial charge in [-0.25, -0.2) is 0 Å². The highest BCUT2D eigenvalue weighted by atomic mass is 16.5. The second-order valence-corrected chi connectivity index (χ2v) is 5.58. The van der Waals surface area contributed by atoms with E-state index in [4.69, 9.17) is 4.52 Å². The second kappa shape index (κ2) is 4.38. The number of likely N-dealkylation sites (tertiary alicyclic amines) is 1. The summed E-state index contributed by atoms with van der Waals surface area (Å²) in [6.07, 6.45) is 0. The largest absolute Gasteiger partial charge is 0.339 e. The highest BCUT2D eigenvalue weighted by Crippen LogP contribution is 2.27. The Hall–Kier alpha value is -0.940. The van der Waals surface area contributed by atoms with Crippen LogP contribution in [0.5, 0.6) is 0 Å². The Bertz CT molecular complexity index is 378. The van der Waals surface area contributed by atoms with Crippen LogP contribution in [0.3, 0.4) is 0 Å². The van der Waals surface area contributed by atoms with Crippen molar-refractivity contribution in [2.45, 2.75) is 26.3 Å². The molecule has 5 nitrogen and oxygen atoms in total. The van der Waals surface area contributed by atoms with Gasteiger partial charge in [-0.2, -0.15) is 4.98 Å². The molecule has 94 valence electrons. The summed E-state index contributed by atoms with van der Waals surface area (Å²) in [6.45, 7) is 9.66. The average Bonchev–Trinajstić information content (AvgIpc) is 2.91. The maximum atomic E-state index is 5.23. The SMILES string of the molecule is CC(C)c1nc(CN2C[C@H]3CNC[C@@H]3C2)no1. The van der Waals surface area contributed by atoms with Crippen LogP contribution in [-0.4, -0.2) is 41.2 Å². The third kappa shape index (κ3) is 2.21. The molecule has 0 bridgehead atoms. The van der Waals surface area contributed by atoms with Crippen LogP contribution in [-0.2, 0) is 6.54 Å². The summed E-state index contributed by atoms with van der Waals surface area (Å²) in [6, 6.07) is 0. The van der Waals surface area contributed by atoms with Crippen LogP contribution >= 0.6 is 0 Å². The molecule has 2 saturated heterocycles. The number of aromatic nitrogens is 2. The fourth-order valence-corrected chi connectivity index (χ4v) is 2.85. The van der Waals surface area contributed by atoms with Gasteiger partial charge in [-0.1, -0.05) is 19.0 Å². The van der Waals surface area contributed by atoms with E-state index in [1.165, 1.54) is 26.2 Å². The molecule has 3 heterocycles. The van der Waals surface area contributed by atoms with Gasteiger partial charge in [0.15, 0.2) is 5.82 Å². The monoisotopic (exact) mass is 236 g/mol. The topological polar surface area (TPSA) is 54.2 Å². The van der Waals surface area contributed by atoms with Crippen LogP contribution in [0.25, 0.3) is 0 Å². The minimum atomic E-state index is 0.318. The van der Waals surface area contributed by atoms with E-state index in [-0.39, 0.29) is 0 Å². The highest BCUT2D eigenvalue weighted by molar-refractivity contribution is 4.95. The summed E-state index contributed by atoms with van der Waals surface area (Å²) in [5.41, 5.74) is 0. The van der Waals surface area contributed by atoms with E-state index in [0.717, 1.165) is 30.1 Å². The molecule has 0 radical (unpaired) electrons. The van der Waals surface area contributed by atoms with Crippen LogP contribution in [0.1, 0.15) is 31.5 Å². The van der Waals surface area contributed by atoms with Crippen molar-refractivity contribution in [1.82, 2.24) is 20.4 Å². The maximum absolute atomic E-state index is 5.23. The van der Waals surface area contributed by atoms with Crippen LogP contribution in [0.4, 0.5) is 0 Å². The van der Waals surface area contributed by atoms with Crippen molar-refractivity contribution in [2.24, 2.45) is 11.8 Å². The minimum absolute atomic E-state index is 0.318. The molecule has 0 unspecified atom stereocenters. The van der Waals surface area contributed by atoms with Gasteiger partial charge in [0, 0.05) is 19.0 Å². The number of hydrogen-bond acceptors (Lipinski definition) is 5. The molecule has 3 rings (SSSR count). The number of nitrogens with one attached hydrogen (secondary N) is 1. The first-order valence-electron chi connectivity index (χ1n) is 6.48. The van der Waals surface area contributed by atoms with Gasteiger partial charge in [-0.3, -0.25) is 4.90 Å². The van der Waals surface area contributed by atoms with Gasteiger partial charge >= 0.3 is 0 Å². The first-order valence-corrected chi connectivity index (χ1v) is 6.48. The second-order valence-electron chi connectivity index (χ2n) is 5.58. The molecular formula is C12H20N4O. The first kappa shape index (κ1) is 11.2. The summed E-state index contributed by atoms with van der Waals surface area (Å²) < 4.78 is 5.23. The molecule has 0 amide bonds. The van der Waals surface area contributed by atoms with Crippen molar-refractivity contribution in [2.75, 3.05) is 26.2 Å². The first-order chi connectivity index (χ1) is 8.22. The Balaban J connectivity index is 1.60. The molecule has 2 atom stereocenters. The Morgan fingerprint density at radius 1 is 1.35 bits per heavy atom. The van der Waals surface area contributed by atoms with Crippen LogP contribution in [0.2, 0.25) is 0 Å². The van der Waals surface area contributed by atoms with Crippen molar-refractivity contribution < 1.29 is 4.52 Å². The maximum Gasteiger partial charge on any atom is 0.229 e. The zero-order valence-corrected chi connectivity index (χ0v) is 10.5. The molecule has 0 aromatic carbocycles. The molecule has 5 heteroatoms. The summed E-state index contributed by atoms with van der Waals surface area (Å²) >= 11 is 0. The summed E-state index contributed by atoms with van der Waals surface area (Å²) in [5.74, 6) is 3.55. The van der Waals surface area contributed by atoms with E-state index in [9.17, 15) is 0 Å². The van der Waals surface area contributed by atoms with E-state index in [1.807, 2.05) is 0 Å². The molecular weight excluding hydrogens is 216 g/mol. The van der Waals surface area contributed by atoms with Crippen LogP contribution in [0.15, 0.2) is 4.52 Å². The fourth-order valence-electron chi connectivity index (χ4n) is 2.85. The van der Waals surface area contributed by atoms with Gasteiger partial charge in [-0.15, -0.1) is 0 Å². The third-order valence-corrected chi connectivity index (χ3v) is 3.81. The lowest BCUT2D eigenvalue weighted by Crippen LogP contribution is -2.25. The molecule has 2 aliphatic heterocycles. The van der Waals surface area contributed by atoms with Gasteiger partial charge in [0.1, 0.15) is 0 Å². The van der Waals surface area contributed by atoms with Gasteiger partial charge in [0.25, 0.3) is 0 Å². The third-order valence-electron chi connectivity index (χ3n) is 3.81.